The van der Waals surface area contributed by atoms with Gasteiger partial charge < -0.3 is 20.1 Å². The van der Waals surface area contributed by atoms with Crippen LogP contribution in [0.5, 0.6) is 0 Å². The maximum Gasteiger partial charge on any atom is 1.00 e. The Morgan fingerprint density at radius 3 is 2.41 bits per heavy atom. The number of aliphatic hydroxyl groups excluding tert-OH is 1. The van der Waals surface area contributed by atoms with E-state index in [1.807, 2.05) is 80.2 Å². The van der Waals surface area contributed by atoms with Crippen molar-refractivity contribution in [2.75, 3.05) is 5.75 Å². The fourth-order valence-electron chi connectivity index (χ4n) is 5.34. The smallest absolute Gasteiger partial charge is 0.550 e. The zero-order chi connectivity index (χ0) is 32.6. The maximum atomic E-state index is 11.4. The molecule has 0 bridgehead atoms. The molecule has 0 saturated heterocycles. The average Bonchev–Trinajstić information content (AvgIpc) is 3.74. The third-order valence-corrected chi connectivity index (χ3v) is 9.75. The van der Waals surface area contributed by atoms with Crippen LogP contribution in [0.3, 0.4) is 0 Å². The number of rotatable bonds is 12. The Bertz CT molecular complexity index is 1630. The van der Waals surface area contributed by atoms with Crippen molar-refractivity contribution in [3.63, 3.8) is 0 Å². The molecule has 5 rings (SSSR count). The van der Waals surface area contributed by atoms with Crippen molar-refractivity contribution in [2.45, 2.75) is 76.8 Å². The average molecular weight is 668 g/mol. The first kappa shape index (κ1) is 38.3. The van der Waals surface area contributed by atoms with Crippen LogP contribution in [0.1, 0.15) is 86.6 Å². The Morgan fingerprint density at radius 1 is 1.04 bits per heavy atom. The largest absolute Gasteiger partial charge is 1.00 e. The van der Waals surface area contributed by atoms with Gasteiger partial charge >= 0.3 is 29.6 Å². The molecule has 1 heterocycles. The number of halogens is 1. The first-order chi connectivity index (χ1) is 21.3. The summed E-state index contributed by atoms with van der Waals surface area (Å²) in [4.78, 5) is 16.1. The molecule has 1 saturated carbocycles. The van der Waals surface area contributed by atoms with E-state index in [0.29, 0.717) is 5.02 Å². The van der Waals surface area contributed by atoms with Gasteiger partial charge in [0, 0.05) is 27.7 Å². The van der Waals surface area contributed by atoms with Crippen LogP contribution in [0.4, 0.5) is 0 Å². The number of fused-ring (bicyclic) bond motifs is 1. The van der Waals surface area contributed by atoms with Gasteiger partial charge in [-0.05, 0) is 117 Å². The predicted molar refractivity (Wildman–Crippen MR) is 186 cm³/mol. The molecule has 5 nitrogen and oxygen atoms in total. The van der Waals surface area contributed by atoms with Crippen LogP contribution in [0.2, 0.25) is 5.02 Å². The van der Waals surface area contributed by atoms with Gasteiger partial charge in [0.15, 0.2) is 0 Å². The number of carbonyl (C=O) groups is 1. The van der Waals surface area contributed by atoms with Crippen LogP contribution in [-0.2, 0) is 16.8 Å². The van der Waals surface area contributed by atoms with Crippen molar-refractivity contribution in [1.82, 2.24) is 4.98 Å². The summed E-state index contributed by atoms with van der Waals surface area (Å²) < 4.78 is 0. The number of aliphatic carboxylic acids is 1. The number of carboxylic acids is 1. The second-order valence-electron chi connectivity index (χ2n) is 12.8. The minimum absolute atomic E-state index is 0. The number of hydrogen-bond acceptors (Lipinski definition) is 6. The van der Waals surface area contributed by atoms with Crippen LogP contribution in [0.25, 0.3) is 23.1 Å². The second kappa shape index (κ2) is 17.3. The number of nitrogens with zero attached hydrogens (tertiary/aromatic N) is 1. The molecule has 1 atom stereocenters. The standard InChI is InChI=1S/C35H36ClNO3S.C3H8O.Na/c1-34(2,40)30-9-4-3-7-25(30)13-17-32(41-23-35(18-19-35)22-33(38)39)27-8-5-6-24(20-27)10-15-29-16-12-26-11-14-28(36)21-31(26)37-29;1-3(2)4;/h3-12,14-16,20-21,32,40H,13,17-19,22-23H2,1-2H3,(H,38,39);3-4H,1-2H3;/q;;+1/p-1/b15-10+;;/t32-;;/m1../s1. The SMILES string of the molecule is CC(C)(O)c1ccccc1CC[C@@H](SCC1(CC(=O)[O-])CC1)c1cccc(/C=C/c2ccc3ccc(Cl)cc3n2)c1.CC(C)O.[Na+]. The molecule has 0 aliphatic heterocycles. The first-order valence-corrected chi connectivity index (χ1v) is 16.9. The van der Waals surface area contributed by atoms with Gasteiger partial charge in [-0.25, -0.2) is 4.98 Å². The summed E-state index contributed by atoms with van der Waals surface area (Å²) in [5, 5.41) is 32.0. The Labute approximate surface area is 304 Å². The fourth-order valence-corrected chi connectivity index (χ4v) is 7.08. The van der Waals surface area contributed by atoms with E-state index in [4.69, 9.17) is 21.7 Å². The molecule has 0 radical (unpaired) electrons. The normalized spacial score (nSPS) is 14.4. The monoisotopic (exact) mass is 667 g/mol. The summed E-state index contributed by atoms with van der Waals surface area (Å²) in [7, 11) is 0. The Hall–Kier alpha value is -2.16. The van der Waals surface area contributed by atoms with E-state index in [0.717, 1.165) is 64.7 Å². The molecule has 1 aliphatic rings. The van der Waals surface area contributed by atoms with Gasteiger partial charge in [0.1, 0.15) is 0 Å². The van der Waals surface area contributed by atoms with Crippen molar-refractivity contribution >= 4 is 52.4 Å². The summed E-state index contributed by atoms with van der Waals surface area (Å²) >= 11 is 8.01. The summed E-state index contributed by atoms with van der Waals surface area (Å²) in [6, 6.07) is 26.4. The van der Waals surface area contributed by atoms with Gasteiger partial charge in [-0.3, -0.25) is 0 Å². The topological polar surface area (TPSA) is 93.5 Å². The first-order valence-electron chi connectivity index (χ1n) is 15.5. The summed E-state index contributed by atoms with van der Waals surface area (Å²) in [6.45, 7) is 7.09. The predicted octanol–water partition coefficient (Wildman–Crippen LogP) is 5.00. The molecule has 1 aliphatic carbocycles. The maximum absolute atomic E-state index is 11.4. The minimum atomic E-state index is -0.963. The van der Waals surface area contributed by atoms with Crippen LogP contribution >= 0.6 is 23.4 Å². The van der Waals surface area contributed by atoms with E-state index in [-0.39, 0.29) is 52.7 Å². The van der Waals surface area contributed by atoms with Crippen LogP contribution in [0.15, 0.2) is 78.9 Å². The van der Waals surface area contributed by atoms with Crippen molar-refractivity contribution in [3.8, 4) is 0 Å². The van der Waals surface area contributed by atoms with E-state index in [2.05, 4.69) is 36.4 Å². The zero-order valence-electron chi connectivity index (χ0n) is 27.5. The number of hydrogen-bond donors (Lipinski definition) is 2. The van der Waals surface area contributed by atoms with Gasteiger partial charge in [-0.2, -0.15) is 11.8 Å². The van der Waals surface area contributed by atoms with Crippen LogP contribution < -0.4 is 34.7 Å². The number of benzene rings is 3. The second-order valence-corrected chi connectivity index (χ2v) is 14.4. The minimum Gasteiger partial charge on any atom is -0.550 e. The zero-order valence-corrected chi connectivity index (χ0v) is 31.1. The molecule has 238 valence electrons. The van der Waals surface area contributed by atoms with E-state index >= 15 is 0 Å². The van der Waals surface area contributed by atoms with Crippen molar-refractivity contribution in [3.05, 3.63) is 112 Å². The quantitative estimate of drug-likeness (QED) is 0.207. The Kier molecular flexibility index (Phi) is 14.4. The molecule has 0 amide bonds. The Balaban J connectivity index is 0.00000109. The summed E-state index contributed by atoms with van der Waals surface area (Å²) in [5.74, 6) is -0.168. The fraction of sp³-hybridized carbons (Fsp3) is 0.368. The van der Waals surface area contributed by atoms with Crippen LogP contribution in [0, 0.1) is 5.41 Å². The molecule has 3 aromatic carbocycles. The number of aromatic nitrogens is 1. The number of carboxylic acid groups (broad SMARTS) is 1. The molecule has 1 aromatic heterocycles. The summed E-state index contributed by atoms with van der Waals surface area (Å²) in [6.07, 6.45) is 7.62. The molecule has 0 spiro atoms. The summed E-state index contributed by atoms with van der Waals surface area (Å²) in [5.41, 5.74) is 5.03. The van der Waals surface area contributed by atoms with Gasteiger partial charge in [0.25, 0.3) is 0 Å². The molecule has 46 heavy (non-hydrogen) atoms. The third-order valence-electron chi connectivity index (χ3n) is 7.82. The van der Waals surface area contributed by atoms with Crippen molar-refractivity contribution in [2.24, 2.45) is 5.41 Å². The Morgan fingerprint density at radius 2 is 1.74 bits per heavy atom. The van der Waals surface area contributed by atoms with Crippen molar-refractivity contribution in [1.29, 1.82) is 0 Å². The van der Waals surface area contributed by atoms with Gasteiger partial charge in [-0.1, -0.05) is 78.3 Å². The van der Waals surface area contributed by atoms with E-state index in [9.17, 15) is 15.0 Å². The molecule has 0 unspecified atom stereocenters. The molecule has 1 fully saturated rings. The van der Waals surface area contributed by atoms with E-state index in [1.54, 1.807) is 13.8 Å². The molecule has 2 N–H and O–H groups in total. The number of thioether (sulfide) groups is 1. The molecular weight excluding hydrogens is 625 g/mol. The van der Waals surface area contributed by atoms with E-state index in [1.165, 1.54) is 5.56 Å². The molecule has 4 aromatic rings. The van der Waals surface area contributed by atoms with E-state index < -0.39 is 11.6 Å². The number of aliphatic hydroxyl groups is 2. The van der Waals surface area contributed by atoms with Gasteiger partial charge in [0.05, 0.1) is 16.8 Å². The molecule has 8 heteroatoms. The number of carbonyl (C=O) groups excluding carboxylic acids is 1. The third kappa shape index (κ3) is 11.8. The van der Waals surface area contributed by atoms with Gasteiger partial charge in [-0.15, -0.1) is 0 Å². The van der Waals surface area contributed by atoms with Gasteiger partial charge in [0.2, 0.25) is 0 Å². The molecular formula is C38H43ClNNaO4S. The van der Waals surface area contributed by atoms with Crippen LogP contribution in [-0.4, -0.2) is 33.0 Å². The number of aryl methyl sites for hydroxylation is 1. The van der Waals surface area contributed by atoms with Crippen molar-refractivity contribution < 1.29 is 49.7 Å². The number of pyridine rings is 1.